The molecule has 2 heterocycles. The molecule has 5 heteroatoms. The predicted molar refractivity (Wildman–Crippen MR) is 93.4 cm³/mol. The van der Waals surface area contributed by atoms with E-state index in [-0.39, 0.29) is 4.90 Å². The van der Waals surface area contributed by atoms with E-state index in [9.17, 15) is 8.42 Å². The summed E-state index contributed by atoms with van der Waals surface area (Å²) in [7, 11) is -3.49. The van der Waals surface area contributed by atoms with Crippen LogP contribution in [0.1, 0.15) is 0 Å². The summed E-state index contributed by atoms with van der Waals surface area (Å²) in [6, 6.07) is 19.3. The highest BCUT2D eigenvalue weighted by molar-refractivity contribution is 7.91. The molecule has 24 heavy (non-hydrogen) atoms. The van der Waals surface area contributed by atoms with Crippen molar-refractivity contribution in [3.05, 3.63) is 79.1 Å². The summed E-state index contributed by atoms with van der Waals surface area (Å²) in [5, 5.41) is 1.01. The monoisotopic (exact) mass is 334 g/mol. The Bertz CT molecular complexity index is 1100. The number of rotatable bonds is 3. The van der Waals surface area contributed by atoms with Gasteiger partial charge in [0.15, 0.2) is 0 Å². The highest BCUT2D eigenvalue weighted by Gasteiger charge is 2.17. The fraction of sp³-hybridized carbons (Fsp3) is 0. The first kappa shape index (κ1) is 14.7. The van der Waals surface area contributed by atoms with Gasteiger partial charge in [0.25, 0.3) is 0 Å². The van der Waals surface area contributed by atoms with Crippen LogP contribution in [-0.4, -0.2) is 18.4 Å². The van der Waals surface area contributed by atoms with Crippen LogP contribution < -0.4 is 0 Å². The average molecular weight is 334 g/mol. The minimum Gasteiger partial charge on any atom is -0.346 e. The third-order valence-electron chi connectivity index (χ3n) is 3.99. The fourth-order valence-corrected chi connectivity index (χ4v) is 4.04. The van der Waals surface area contributed by atoms with E-state index >= 15 is 0 Å². The Morgan fingerprint density at radius 1 is 0.792 bits per heavy atom. The maximum absolute atomic E-state index is 12.6. The molecule has 0 saturated heterocycles. The smallest absolute Gasteiger partial charge is 0.206 e. The summed E-state index contributed by atoms with van der Waals surface area (Å²) in [6.45, 7) is 0. The molecule has 0 spiro atoms. The molecular formula is C19H14N2O2S. The molecule has 0 radical (unpaired) electrons. The van der Waals surface area contributed by atoms with Crippen LogP contribution in [0, 0.1) is 0 Å². The first-order valence-corrected chi connectivity index (χ1v) is 8.97. The highest BCUT2D eigenvalue weighted by atomic mass is 32.2. The number of sulfone groups is 1. The number of nitrogens with one attached hydrogen (secondary N) is 1. The predicted octanol–water partition coefficient (Wildman–Crippen LogP) is 4.06. The zero-order valence-corrected chi connectivity index (χ0v) is 13.5. The number of pyridine rings is 1. The largest absolute Gasteiger partial charge is 0.346 e. The van der Waals surface area contributed by atoms with Gasteiger partial charge in [-0.1, -0.05) is 30.3 Å². The van der Waals surface area contributed by atoms with Gasteiger partial charge in [0.05, 0.1) is 9.79 Å². The molecule has 0 atom stereocenters. The Labute approximate surface area is 139 Å². The SMILES string of the molecule is O=S(=O)(c1ccccc1)c1ccc(-c2ccnc3[nH]ccc23)cc1. The average Bonchev–Trinajstić information content (AvgIpc) is 3.11. The lowest BCUT2D eigenvalue weighted by molar-refractivity contribution is 0.596. The normalized spacial score (nSPS) is 11.7. The molecule has 0 fully saturated rings. The Morgan fingerprint density at radius 2 is 1.50 bits per heavy atom. The number of nitrogens with zero attached hydrogens (tertiary/aromatic N) is 1. The second kappa shape index (κ2) is 5.62. The Hall–Kier alpha value is -2.92. The van der Waals surface area contributed by atoms with E-state index in [0.29, 0.717) is 4.90 Å². The molecule has 118 valence electrons. The molecule has 0 aliphatic carbocycles. The van der Waals surface area contributed by atoms with E-state index in [2.05, 4.69) is 9.97 Å². The minimum absolute atomic E-state index is 0.289. The molecule has 4 nitrogen and oxygen atoms in total. The standard InChI is InChI=1S/C19H14N2O2S/c22-24(23,15-4-2-1-3-5-15)16-8-6-14(7-9-16)17-10-12-20-19-18(17)11-13-21-19/h1-13H,(H,20,21). The maximum Gasteiger partial charge on any atom is 0.206 e. The van der Waals surface area contributed by atoms with Crippen LogP contribution in [0.15, 0.2) is 88.9 Å². The number of H-pyrrole nitrogens is 1. The summed E-state index contributed by atoms with van der Waals surface area (Å²) in [5.41, 5.74) is 2.78. The van der Waals surface area contributed by atoms with Gasteiger partial charge < -0.3 is 4.98 Å². The van der Waals surface area contributed by atoms with Gasteiger partial charge in [0.1, 0.15) is 5.65 Å². The van der Waals surface area contributed by atoms with Crippen molar-refractivity contribution >= 4 is 20.9 Å². The molecule has 0 saturated carbocycles. The van der Waals surface area contributed by atoms with E-state index in [1.165, 1.54) is 0 Å². The summed E-state index contributed by atoms with van der Waals surface area (Å²) in [5.74, 6) is 0. The Morgan fingerprint density at radius 3 is 2.25 bits per heavy atom. The number of hydrogen-bond acceptors (Lipinski definition) is 3. The topological polar surface area (TPSA) is 62.8 Å². The number of aromatic amines is 1. The van der Waals surface area contributed by atoms with Crippen molar-refractivity contribution in [3.63, 3.8) is 0 Å². The molecule has 0 aliphatic heterocycles. The molecule has 2 aromatic heterocycles. The van der Waals surface area contributed by atoms with Crippen molar-refractivity contribution in [1.29, 1.82) is 0 Å². The zero-order chi connectivity index (χ0) is 16.6. The summed E-state index contributed by atoms with van der Waals surface area (Å²) in [4.78, 5) is 7.94. The van der Waals surface area contributed by atoms with Crippen LogP contribution in [-0.2, 0) is 9.84 Å². The fourth-order valence-electron chi connectivity index (χ4n) is 2.76. The van der Waals surface area contributed by atoms with E-state index in [1.54, 1.807) is 48.7 Å². The van der Waals surface area contributed by atoms with E-state index < -0.39 is 9.84 Å². The molecular weight excluding hydrogens is 320 g/mol. The lowest BCUT2D eigenvalue weighted by Gasteiger charge is -2.07. The van der Waals surface area contributed by atoms with Crippen LogP contribution >= 0.6 is 0 Å². The van der Waals surface area contributed by atoms with Crippen LogP contribution in [0.4, 0.5) is 0 Å². The maximum atomic E-state index is 12.6. The lowest BCUT2D eigenvalue weighted by atomic mass is 10.0. The van der Waals surface area contributed by atoms with E-state index in [4.69, 9.17) is 0 Å². The molecule has 4 aromatic rings. The quantitative estimate of drug-likeness (QED) is 0.614. The van der Waals surface area contributed by atoms with Crippen molar-refractivity contribution in [1.82, 2.24) is 9.97 Å². The third-order valence-corrected chi connectivity index (χ3v) is 5.77. The molecule has 1 N–H and O–H groups in total. The molecule has 4 rings (SSSR count). The lowest BCUT2D eigenvalue weighted by Crippen LogP contribution is -2.01. The number of fused-ring (bicyclic) bond motifs is 1. The first-order chi connectivity index (χ1) is 11.7. The van der Waals surface area contributed by atoms with Crippen molar-refractivity contribution in [2.75, 3.05) is 0 Å². The second-order valence-corrected chi connectivity index (χ2v) is 7.39. The second-order valence-electron chi connectivity index (χ2n) is 5.44. The van der Waals surface area contributed by atoms with Crippen LogP contribution in [0.2, 0.25) is 0 Å². The third kappa shape index (κ3) is 2.39. The zero-order valence-electron chi connectivity index (χ0n) is 12.7. The summed E-state index contributed by atoms with van der Waals surface area (Å²) >= 11 is 0. The Kier molecular flexibility index (Phi) is 3.43. The highest BCUT2D eigenvalue weighted by Crippen LogP contribution is 2.29. The molecule has 0 aliphatic rings. The summed E-state index contributed by atoms with van der Waals surface area (Å²) in [6.07, 6.45) is 3.58. The van der Waals surface area contributed by atoms with Gasteiger partial charge in [-0.3, -0.25) is 0 Å². The summed E-state index contributed by atoms with van der Waals surface area (Å²) < 4.78 is 25.3. The van der Waals surface area contributed by atoms with Gasteiger partial charge in [0, 0.05) is 17.8 Å². The first-order valence-electron chi connectivity index (χ1n) is 7.49. The molecule has 0 bridgehead atoms. The van der Waals surface area contributed by atoms with Crippen molar-refractivity contribution in [2.24, 2.45) is 0 Å². The number of aromatic nitrogens is 2. The molecule has 2 aromatic carbocycles. The van der Waals surface area contributed by atoms with Gasteiger partial charge in [-0.25, -0.2) is 13.4 Å². The van der Waals surface area contributed by atoms with E-state index in [1.807, 2.05) is 30.5 Å². The van der Waals surface area contributed by atoms with Crippen molar-refractivity contribution < 1.29 is 8.42 Å². The van der Waals surface area contributed by atoms with Gasteiger partial charge in [-0.15, -0.1) is 0 Å². The Balaban J connectivity index is 1.77. The number of benzene rings is 2. The van der Waals surface area contributed by atoms with Gasteiger partial charge in [0.2, 0.25) is 9.84 Å². The van der Waals surface area contributed by atoms with Crippen LogP contribution in [0.5, 0.6) is 0 Å². The van der Waals surface area contributed by atoms with Crippen molar-refractivity contribution in [2.45, 2.75) is 9.79 Å². The van der Waals surface area contributed by atoms with Gasteiger partial charge >= 0.3 is 0 Å². The van der Waals surface area contributed by atoms with Gasteiger partial charge in [-0.05, 0) is 47.5 Å². The van der Waals surface area contributed by atoms with Crippen LogP contribution in [0.3, 0.4) is 0 Å². The molecule has 0 unspecified atom stereocenters. The minimum atomic E-state index is -3.49. The van der Waals surface area contributed by atoms with Crippen molar-refractivity contribution in [3.8, 4) is 11.1 Å². The van der Waals surface area contributed by atoms with Gasteiger partial charge in [-0.2, -0.15) is 0 Å². The number of hydrogen-bond donors (Lipinski definition) is 1. The van der Waals surface area contributed by atoms with Crippen LogP contribution in [0.25, 0.3) is 22.2 Å². The molecule has 0 amide bonds. The van der Waals surface area contributed by atoms with E-state index in [0.717, 1.165) is 22.2 Å².